The van der Waals surface area contributed by atoms with Gasteiger partial charge in [0.1, 0.15) is 0 Å². The van der Waals surface area contributed by atoms with E-state index in [0.29, 0.717) is 0 Å². The lowest BCUT2D eigenvalue weighted by atomic mass is 10.3. The van der Waals surface area contributed by atoms with Crippen LogP contribution in [0.3, 0.4) is 0 Å². The maximum absolute atomic E-state index is 5.28. The zero-order chi connectivity index (χ0) is 5.82. The largest absolute Gasteiger partial charge is 0.299 e. The molecule has 1 rings (SSSR count). The fourth-order valence-corrected chi connectivity index (χ4v) is 0.627. The van der Waals surface area contributed by atoms with E-state index in [1.807, 2.05) is 30.3 Å². The third kappa shape index (κ3) is 1.14. The van der Waals surface area contributed by atoms with Gasteiger partial charge in [0.05, 0.1) is 0 Å². The van der Waals surface area contributed by atoms with Crippen LogP contribution in [0.5, 0.6) is 0 Å². The van der Waals surface area contributed by atoms with Crippen LogP contribution in [0.1, 0.15) is 0 Å². The van der Waals surface area contributed by atoms with Crippen LogP contribution in [-0.4, -0.2) is 0 Å². The first-order chi connectivity index (χ1) is 3.93. The summed E-state index contributed by atoms with van der Waals surface area (Å²) in [5, 5.41) is 0. The highest BCUT2D eigenvalue weighted by Crippen LogP contribution is 2.04. The Bertz CT molecular complexity index is 150. The highest BCUT2D eigenvalue weighted by atomic mass is 35.5. The second-order valence-corrected chi connectivity index (χ2v) is 1.65. The zero-order valence-corrected chi connectivity index (χ0v) is 5.02. The summed E-state index contributed by atoms with van der Waals surface area (Å²) in [4.78, 5) is 2.50. The summed E-state index contributed by atoms with van der Waals surface area (Å²) in [5.41, 5.74) is 0.925. The van der Waals surface area contributed by atoms with E-state index in [2.05, 4.69) is 4.84 Å². The van der Waals surface area contributed by atoms with Gasteiger partial charge in [-0.15, -0.1) is 0 Å². The van der Waals surface area contributed by atoms with E-state index in [0.717, 1.165) is 5.69 Å². The van der Waals surface area contributed by atoms with Crippen molar-refractivity contribution < 1.29 is 0 Å². The molecule has 1 N–H and O–H groups in total. The molecule has 1 nitrogen and oxygen atoms in total. The first-order valence-corrected chi connectivity index (χ1v) is 2.73. The molecule has 0 atom stereocenters. The summed E-state index contributed by atoms with van der Waals surface area (Å²) in [6.45, 7) is 0. The topological polar surface area (TPSA) is 12.0 Å². The van der Waals surface area contributed by atoms with Crippen molar-refractivity contribution in [2.24, 2.45) is 0 Å². The average molecular weight is 128 g/mol. The molecule has 1 aromatic rings. The van der Waals surface area contributed by atoms with Crippen molar-refractivity contribution in [2.45, 2.75) is 0 Å². The molecule has 0 heterocycles. The first-order valence-electron chi connectivity index (χ1n) is 2.35. The first kappa shape index (κ1) is 5.45. The van der Waals surface area contributed by atoms with Gasteiger partial charge in [-0.3, -0.25) is 4.84 Å². The predicted molar refractivity (Wildman–Crippen MR) is 35.9 cm³/mol. The second-order valence-electron chi connectivity index (χ2n) is 1.46. The molecule has 0 saturated carbocycles. The molecule has 0 aliphatic heterocycles. The molecule has 0 spiro atoms. The predicted octanol–water partition coefficient (Wildman–Crippen LogP) is 2.25. The number of anilines is 1. The average Bonchev–Trinajstić information content (AvgIpc) is 1.90. The molecule has 0 amide bonds. The van der Waals surface area contributed by atoms with E-state index in [4.69, 9.17) is 11.8 Å². The minimum Gasteiger partial charge on any atom is -0.299 e. The standard InChI is InChI=1S/C6H6ClN/c7-8-6-4-2-1-3-5-6/h1-5,8H. The summed E-state index contributed by atoms with van der Waals surface area (Å²) >= 11 is 5.28. The Balaban J connectivity index is 2.83. The van der Waals surface area contributed by atoms with Crippen molar-refractivity contribution in [3.05, 3.63) is 30.3 Å². The Morgan fingerprint density at radius 3 is 2.12 bits per heavy atom. The van der Waals surface area contributed by atoms with Crippen LogP contribution in [0.15, 0.2) is 30.3 Å². The Hall–Kier alpha value is -0.690. The van der Waals surface area contributed by atoms with Gasteiger partial charge in [-0.05, 0) is 12.1 Å². The van der Waals surface area contributed by atoms with Crippen LogP contribution in [-0.2, 0) is 0 Å². The van der Waals surface area contributed by atoms with Gasteiger partial charge in [0.25, 0.3) is 0 Å². The Morgan fingerprint density at radius 2 is 1.75 bits per heavy atom. The van der Waals surface area contributed by atoms with Gasteiger partial charge < -0.3 is 0 Å². The number of nitrogens with one attached hydrogen (secondary N) is 1. The van der Waals surface area contributed by atoms with Crippen molar-refractivity contribution in [3.63, 3.8) is 0 Å². The van der Waals surface area contributed by atoms with Gasteiger partial charge in [-0.1, -0.05) is 18.2 Å². The number of rotatable bonds is 1. The lowest BCUT2D eigenvalue weighted by molar-refractivity contribution is 1.68. The highest BCUT2D eigenvalue weighted by molar-refractivity contribution is 6.23. The van der Waals surface area contributed by atoms with Crippen LogP contribution in [0.25, 0.3) is 0 Å². The minimum absolute atomic E-state index is 0.925. The smallest absolute Gasteiger partial charge is 0.0491 e. The summed E-state index contributed by atoms with van der Waals surface area (Å²) in [5.74, 6) is 0. The van der Waals surface area contributed by atoms with Crippen LogP contribution in [0, 0.1) is 0 Å². The van der Waals surface area contributed by atoms with Crippen LogP contribution in [0.2, 0.25) is 0 Å². The molecule has 0 aromatic heterocycles. The van der Waals surface area contributed by atoms with E-state index >= 15 is 0 Å². The summed E-state index contributed by atoms with van der Waals surface area (Å²) in [6.07, 6.45) is 0. The van der Waals surface area contributed by atoms with Gasteiger partial charge in [0.2, 0.25) is 0 Å². The van der Waals surface area contributed by atoms with E-state index in [1.54, 1.807) is 0 Å². The molecule has 0 aliphatic rings. The van der Waals surface area contributed by atoms with Crippen LogP contribution < -0.4 is 4.84 Å². The van der Waals surface area contributed by atoms with E-state index in [1.165, 1.54) is 0 Å². The van der Waals surface area contributed by atoms with Gasteiger partial charge in [0, 0.05) is 17.5 Å². The maximum Gasteiger partial charge on any atom is 0.0491 e. The normalized spacial score (nSPS) is 8.62. The molecule has 42 valence electrons. The molecule has 0 aliphatic carbocycles. The third-order valence-corrected chi connectivity index (χ3v) is 1.10. The molecule has 0 unspecified atom stereocenters. The molecule has 8 heavy (non-hydrogen) atoms. The molecule has 1 aromatic carbocycles. The summed E-state index contributed by atoms with van der Waals surface area (Å²) < 4.78 is 0. The molecular formula is C6H6ClN. The van der Waals surface area contributed by atoms with Crippen molar-refractivity contribution in [2.75, 3.05) is 4.84 Å². The number of hydrogen-bond acceptors (Lipinski definition) is 1. The van der Waals surface area contributed by atoms with E-state index < -0.39 is 0 Å². The number of halogens is 1. The van der Waals surface area contributed by atoms with E-state index in [-0.39, 0.29) is 0 Å². The van der Waals surface area contributed by atoms with Gasteiger partial charge in [-0.25, -0.2) is 0 Å². The molecule has 2 heteroatoms. The third-order valence-electron chi connectivity index (χ3n) is 0.883. The summed E-state index contributed by atoms with van der Waals surface area (Å²) in [6, 6.07) is 9.58. The fourth-order valence-electron chi connectivity index (χ4n) is 0.501. The lowest BCUT2D eigenvalue weighted by Gasteiger charge is -1.91. The molecule has 0 bridgehead atoms. The van der Waals surface area contributed by atoms with E-state index in [9.17, 15) is 0 Å². The van der Waals surface area contributed by atoms with Crippen molar-refractivity contribution >= 4 is 17.5 Å². The lowest BCUT2D eigenvalue weighted by Crippen LogP contribution is -1.75. The Morgan fingerprint density at radius 1 is 1.12 bits per heavy atom. The molecule has 0 radical (unpaired) electrons. The summed E-state index contributed by atoms with van der Waals surface area (Å²) in [7, 11) is 0. The number of para-hydroxylation sites is 1. The minimum atomic E-state index is 0.925. The Kier molecular flexibility index (Phi) is 1.75. The molecule has 0 saturated heterocycles. The fraction of sp³-hybridized carbons (Fsp3) is 0. The molecular weight excluding hydrogens is 122 g/mol. The highest BCUT2D eigenvalue weighted by Gasteiger charge is 1.79. The molecule has 0 fully saturated rings. The number of benzene rings is 1. The van der Waals surface area contributed by atoms with Gasteiger partial charge >= 0.3 is 0 Å². The maximum atomic E-state index is 5.28. The van der Waals surface area contributed by atoms with Gasteiger partial charge in [-0.2, -0.15) is 0 Å². The van der Waals surface area contributed by atoms with Crippen molar-refractivity contribution in [1.82, 2.24) is 0 Å². The monoisotopic (exact) mass is 127 g/mol. The Labute approximate surface area is 53.4 Å². The van der Waals surface area contributed by atoms with Crippen LogP contribution >= 0.6 is 11.8 Å². The second kappa shape index (κ2) is 2.58. The zero-order valence-electron chi connectivity index (χ0n) is 4.26. The van der Waals surface area contributed by atoms with Gasteiger partial charge in [0.15, 0.2) is 0 Å². The van der Waals surface area contributed by atoms with Crippen LogP contribution in [0.4, 0.5) is 5.69 Å². The number of hydrogen-bond donors (Lipinski definition) is 1. The SMILES string of the molecule is ClNc1ccccc1. The van der Waals surface area contributed by atoms with Crippen molar-refractivity contribution in [3.8, 4) is 0 Å². The quantitative estimate of drug-likeness (QED) is 0.571. The van der Waals surface area contributed by atoms with Crippen molar-refractivity contribution in [1.29, 1.82) is 0 Å².